The van der Waals surface area contributed by atoms with Gasteiger partial charge in [-0.3, -0.25) is 0 Å². The first-order chi connectivity index (χ1) is 10.2. The Bertz CT molecular complexity index is 619. The van der Waals surface area contributed by atoms with Crippen LogP contribution in [0.3, 0.4) is 0 Å². The molecular formula is C18H23N3. The van der Waals surface area contributed by atoms with Gasteiger partial charge in [0.25, 0.3) is 0 Å². The molecule has 0 saturated heterocycles. The predicted octanol–water partition coefficient (Wildman–Crippen LogP) is 3.71. The van der Waals surface area contributed by atoms with E-state index in [1.807, 2.05) is 24.3 Å². The molecule has 0 fully saturated rings. The Balaban J connectivity index is 2.18. The highest BCUT2D eigenvalue weighted by atomic mass is 15.0. The van der Waals surface area contributed by atoms with Gasteiger partial charge >= 0.3 is 0 Å². The number of hydrogen-bond acceptors (Lipinski definition) is 2. The van der Waals surface area contributed by atoms with Gasteiger partial charge in [-0.05, 0) is 35.7 Å². The van der Waals surface area contributed by atoms with E-state index in [9.17, 15) is 0 Å². The van der Waals surface area contributed by atoms with Crippen LogP contribution in [-0.4, -0.2) is 11.1 Å². The zero-order valence-corrected chi connectivity index (χ0v) is 13.0. The summed E-state index contributed by atoms with van der Waals surface area (Å²) >= 11 is 0. The molecule has 3 heteroatoms. The van der Waals surface area contributed by atoms with E-state index in [1.54, 1.807) is 0 Å². The van der Waals surface area contributed by atoms with Gasteiger partial charge in [-0.15, -0.1) is 0 Å². The number of aromatic nitrogens is 1. The maximum absolute atomic E-state index is 9.16. The average molecular weight is 281 g/mol. The Kier molecular flexibility index (Phi) is 5.19. The summed E-state index contributed by atoms with van der Waals surface area (Å²) in [5, 5.41) is 12.7. The van der Waals surface area contributed by atoms with Crippen molar-refractivity contribution in [3.63, 3.8) is 0 Å². The lowest BCUT2D eigenvalue weighted by Gasteiger charge is -2.20. The monoisotopic (exact) mass is 281 g/mol. The van der Waals surface area contributed by atoms with Crippen molar-refractivity contribution in [2.24, 2.45) is 5.92 Å². The minimum atomic E-state index is 0.377. The van der Waals surface area contributed by atoms with Gasteiger partial charge in [-0.25, -0.2) is 0 Å². The van der Waals surface area contributed by atoms with Gasteiger partial charge in [0, 0.05) is 25.0 Å². The maximum Gasteiger partial charge on any atom is 0.0995 e. The largest absolute Gasteiger partial charge is 0.350 e. The molecule has 0 aliphatic carbocycles. The van der Waals surface area contributed by atoms with Crippen molar-refractivity contribution in [1.82, 2.24) is 9.88 Å². The summed E-state index contributed by atoms with van der Waals surface area (Å²) in [6.45, 7) is 8.30. The van der Waals surface area contributed by atoms with Gasteiger partial charge in [0.2, 0.25) is 0 Å². The summed E-state index contributed by atoms with van der Waals surface area (Å²) in [5.41, 5.74) is 3.12. The van der Waals surface area contributed by atoms with Crippen molar-refractivity contribution >= 4 is 0 Å². The zero-order valence-electron chi connectivity index (χ0n) is 13.0. The lowest BCUT2D eigenvalue weighted by atomic mass is 9.98. The Morgan fingerprint density at radius 1 is 1.24 bits per heavy atom. The van der Waals surface area contributed by atoms with Gasteiger partial charge in [0.1, 0.15) is 0 Å². The molecule has 0 aliphatic rings. The maximum atomic E-state index is 9.16. The lowest BCUT2D eigenvalue weighted by molar-refractivity contribution is 0.421. The average Bonchev–Trinajstić information content (AvgIpc) is 2.93. The first-order valence-corrected chi connectivity index (χ1v) is 7.52. The molecule has 0 bridgehead atoms. The quantitative estimate of drug-likeness (QED) is 0.876. The third-order valence-electron chi connectivity index (χ3n) is 3.71. The smallest absolute Gasteiger partial charge is 0.0995 e. The lowest BCUT2D eigenvalue weighted by Crippen LogP contribution is -2.25. The summed E-state index contributed by atoms with van der Waals surface area (Å²) in [6, 6.07) is 12.6. The highest BCUT2D eigenvalue weighted by Gasteiger charge is 2.15. The molecule has 1 heterocycles. The predicted molar refractivity (Wildman–Crippen MR) is 85.9 cm³/mol. The Hall–Kier alpha value is -2.05. The van der Waals surface area contributed by atoms with Crippen molar-refractivity contribution in [3.05, 3.63) is 59.4 Å². The number of nitrogens with zero attached hydrogens (tertiary/aromatic N) is 2. The minimum Gasteiger partial charge on any atom is -0.350 e. The molecule has 0 radical (unpaired) electrons. The number of nitrogens with one attached hydrogen (secondary N) is 1. The van der Waals surface area contributed by atoms with E-state index in [0.29, 0.717) is 12.0 Å². The SMILES string of the molecule is CCNC(c1ccn(Cc2ccccc2C#N)c1)C(C)C. The van der Waals surface area contributed by atoms with Crippen LogP contribution in [0.2, 0.25) is 0 Å². The highest BCUT2D eigenvalue weighted by Crippen LogP contribution is 2.22. The van der Waals surface area contributed by atoms with Crippen LogP contribution in [0.5, 0.6) is 0 Å². The highest BCUT2D eigenvalue weighted by molar-refractivity contribution is 5.37. The Labute approximate surface area is 127 Å². The third kappa shape index (κ3) is 3.74. The third-order valence-corrected chi connectivity index (χ3v) is 3.71. The van der Waals surface area contributed by atoms with Crippen molar-refractivity contribution < 1.29 is 0 Å². The van der Waals surface area contributed by atoms with Crippen molar-refractivity contribution in [3.8, 4) is 6.07 Å². The van der Waals surface area contributed by atoms with Gasteiger partial charge in [0.15, 0.2) is 0 Å². The first kappa shape index (κ1) is 15.3. The first-order valence-electron chi connectivity index (χ1n) is 7.52. The minimum absolute atomic E-state index is 0.377. The molecule has 2 aromatic rings. The van der Waals surface area contributed by atoms with E-state index in [2.05, 4.69) is 55.2 Å². The van der Waals surface area contributed by atoms with Crippen LogP contribution in [0.25, 0.3) is 0 Å². The molecule has 0 spiro atoms. The van der Waals surface area contributed by atoms with Crippen molar-refractivity contribution in [2.45, 2.75) is 33.4 Å². The fraction of sp³-hybridized carbons (Fsp3) is 0.389. The Morgan fingerprint density at radius 3 is 2.67 bits per heavy atom. The second kappa shape index (κ2) is 7.10. The molecule has 110 valence electrons. The molecule has 1 aromatic carbocycles. The fourth-order valence-corrected chi connectivity index (χ4v) is 2.66. The summed E-state index contributed by atoms with van der Waals surface area (Å²) in [6.07, 6.45) is 4.28. The fourth-order valence-electron chi connectivity index (χ4n) is 2.66. The topological polar surface area (TPSA) is 40.8 Å². The Morgan fingerprint density at radius 2 is 2.00 bits per heavy atom. The summed E-state index contributed by atoms with van der Waals surface area (Å²) in [7, 11) is 0. The second-order valence-electron chi connectivity index (χ2n) is 5.67. The number of rotatable bonds is 6. The van der Waals surface area contributed by atoms with Crippen LogP contribution >= 0.6 is 0 Å². The normalized spacial score (nSPS) is 12.3. The van der Waals surface area contributed by atoms with Crippen LogP contribution in [0.4, 0.5) is 0 Å². The van der Waals surface area contributed by atoms with Gasteiger partial charge < -0.3 is 9.88 Å². The summed E-state index contributed by atoms with van der Waals surface area (Å²) < 4.78 is 2.15. The molecule has 1 unspecified atom stereocenters. The molecule has 0 saturated carbocycles. The van der Waals surface area contributed by atoms with E-state index in [4.69, 9.17) is 5.26 Å². The van der Waals surface area contributed by atoms with Gasteiger partial charge in [-0.2, -0.15) is 5.26 Å². The number of nitriles is 1. The van der Waals surface area contributed by atoms with Crippen molar-refractivity contribution in [2.75, 3.05) is 6.54 Å². The molecule has 2 rings (SSSR count). The molecule has 1 aromatic heterocycles. The summed E-state index contributed by atoms with van der Waals surface area (Å²) in [5.74, 6) is 0.548. The van der Waals surface area contributed by atoms with E-state index >= 15 is 0 Å². The van der Waals surface area contributed by atoms with Crippen molar-refractivity contribution in [1.29, 1.82) is 5.26 Å². The number of benzene rings is 1. The van der Waals surface area contributed by atoms with Crippen LogP contribution in [0.1, 0.15) is 43.5 Å². The standard InChI is InChI=1S/C18H23N3/c1-4-20-18(14(2)3)17-9-10-21(13-17)12-16-8-6-5-7-15(16)11-19/h5-10,13-14,18,20H,4,12H2,1-3H3. The van der Waals surface area contributed by atoms with E-state index in [1.165, 1.54) is 5.56 Å². The van der Waals surface area contributed by atoms with Crippen LogP contribution in [-0.2, 0) is 6.54 Å². The van der Waals surface area contributed by atoms with Gasteiger partial charge in [0.05, 0.1) is 11.6 Å². The van der Waals surface area contributed by atoms with E-state index in [-0.39, 0.29) is 0 Å². The molecule has 21 heavy (non-hydrogen) atoms. The van der Waals surface area contributed by atoms with Crippen LogP contribution in [0, 0.1) is 17.2 Å². The molecular weight excluding hydrogens is 258 g/mol. The number of hydrogen-bond donors (Lipinski definition) is 1. The molecule has 1 N–H and O–H groups in total. The second-order valence-corrected chi connectivity index (χ2v) is 5.67. The van der Waals surface area contributed by atoms with E-state index in [0.717, 1.165) is 24.2 Å². The molecule has 0 aliphatic heterocycles. The zero-order chi connectivity index (χ0) is 15.2. The van der Waals surface area contributed by atoms with Gasteiger partial charge in [-0.1, -0.05) is 39.0 Å². The summed E-state index contributed by atoms with van der Waals surface area (Å²) in [4.78, 5) is 0. The molecule has 1 atom stereocenters. The van der Waals surface area contributed by atoms with Crippen LogP contribution < -0.4 is 5.32 Å². The molecule has 0 amide bonds. The van der Waals surface area contributed by atoms with Crippen LogP contribution in [0.15, 0.2) is 42.7 Å². The molecule has 3 nitrogen and oxygen atoms in total. The van der Waals surface area contributed by atoms with E-state index < -0.39 is 0 Å².